The number of benzene rings is 3. The molecule has 2 bridgehead atoms. The monoisotopic (exact) mass is 840 g/mol. The number of hydroxylamine groups is 2. The molecule has 0 radical (unpaired) electrons. The van der Waals surface area contributed by atoms with E-state index in [9.17, 15) is 19.8 Å². The molecule has 0 spiro atoms. The van der Waals surface area contributed by atoms with Gasteiger partial charge >= 0.3 is 0 Å². The molecular formula is C48H69N7O6. The summed E-state index contributed by atoms with van der Waals surface area (Å²) in [4.78, 5) is 45.8. The molecule has 3 aromatic carbocycles. The summed E-state index contributed by atoms with van der Waals surface area (Å²) in [7, 11) is 13.3. The van der Waals surface area contributed by atoms with Crippen LogP contribution in [0.2, 0.25) is 0 Å². The molecule has 2 amide bonds. The van der Waals surface area contributed by atoms with Gasteiger partial charge in [0.25, 0.3) is 5.91 Å². The van der Waals surface area contributed by atoms with Crippen LogP contribution in [0.25, 0.3) is 11.1 Å². The number of aliphatic hydroxyl groups excluding tert-OH is 2. The van der Waals surface area contributed by atoms with E-state index < -0.39 is 24.2 Å². The van der Waals surface area contributed by atoms with Crippen molar-refractivity contribution in [2.24, 2.45) is 34.1 Å². The minimum Gasteiger partial charge on any atom is -0.496 e. The Labute approximate surface area is 363 Å². The van der Waals surface area contributed by atoms with Crippen molar-refractivity contribution >= 4 is 23.5 Å². The van der Waals surface area contributed by atoms with Gasteiger partial charge in [0.15, 0.2) is 5.96 Å². The minimum atomic E-state index is -0.914. The summed E-state index contributed by atoms with van der Waals surface area (Å²) in [5, 5.41) is 29.7. The van der Waals surface area contributed by atoms with Gasteiger partial charge in [-0.05, 0) is 78.7 Å². The first-order valence-electron chi connectivity index (χ1n) is 21.7. The van der Waals surface area contributed by atoms with Crippen LogP contribution in [0.4, 0.5) is 5.69 Å². The smallest absolute Gasteiger partial charge is 0.251 e. The molecule has 13 heteroatoms. The maximum atomic E-state index is 14.4. The van der Waals surface area contributed by atoms with Crippen LogP contribution in [0, 0.1) is 29.1 Å². The summed E-state index contributed by atoms with van der Waals surface area (Å²) in [5.74, 6) is 1.70. The van der Waals surface area contributed by atoms with Gasteiger partial charge in [-0.15, -0.1) is 0 Å². The molecule has 1 unspecified atom stereocenters. The van der Waals surface area contributed by atoms with Crippen molar-refractivity contribution in [1.29, 1.82) is 0 Å². The van der Waals surface area contributed by atoms with E-state index in [4.69, 9.17) is 14.6 Å². The van der Waals surface area contributed by atoms with Gasteiger partial charge in [0.2, 0.25) is 5.91 Å². The predicted molar refractivity (Wildman–Crippen MR) is 241 cm³/mol. The highest BCUT2D eigenvalue weighted by Crippen LogP contribution is 2.61. The Balaban J connectivity index is 1.29. The summed E-state index contributed by atoms with van der Waals surface area (Å²) in [5.41, 5.74) is 4.96. The van der Waals surface area contributed by atoms with Crippen molar-refractivity contribution in [3.05, 3.63) is 83.4 Å². The van der Waals surface area contributed by atoms with Gasteiger partial charge in [-0.2, -0.15) is 5.06 Å². The Bertz CT molecular complexity index is 2010. The van der Waals surface area contributed by atoms with E-state index in [-0.39, 0.29) is 42.5 Å². The number of rotatable bonds is 15. The summed E-state index contributed by atoms with van der Waals surface area (Å²) >= 11 is 0. The number of methoxy groups -OCH3 is 1. The molecule has 9 atom stereocenters. The zero-order valence-electron chi connectivity index (χ0n) is 38.1. The summed E-state index contributed by atoms with van der Waals surface area (Å²) < 4.78 is 6.14. The fourth-order valence-electron chi connectivity index (χ4n) is 10.2. The molecule has 1 saturated heterocycles. The van der Waals surface area contributed by atoms with Gasteiger partial charge in [0.05, 0.1) is 39.0 Å². The second-order valence-electron chi connectivity index (χ2n) is 18.7. The van der Waals surface area contributed by atoms with Gasteiger partial charge in [-0.1, -0.05) is 69.3 Å². The second kappa shape index (κ2) is 19.1. The number of carbonyl (C=O) groups is 2. The molecule has 0 aromatic heterocycles. The lowest BCUT2D eigenvalue weighted by Gasteiger charge is -2.62. The molecule has 4 fully saturated rings. The number of hydrogen-bond donors (Lipinski definition) is 4. The average Bonchev–Trinajstić information content (AvgIpc) is 3.59. The molecule has 3 aliphatic carbocycles. The van der Waals surface area contributed by atoms with Crippen molar-refractivity contribution in [3.63, 3.8) is 0 Å². The van der Waals surface area contributed by atoms with Gasteiger partial charge in [0.1, 0.15) is 17.9 Å². The zero-order valence-corrected chi connectivity index (χ0v) is 38.1. The Kier molecular flexibility index (Phi) is 14.4. The molecule has 61 heavy (non-hydrogen) atoms. The number of nitrogens with zero attached hydrogens (tertiary/aromatic N) is 5. The third kappa shape index (κ3) is 9.85. The van der Waals surface area contributed by atoms with Crippen molar-refractivity contribution in [2.45, 2.75) is 83.8 Å². The van der Waals surface area contributed by atoms with E-state index in [1.54, 1.807) is 19.1 Å². The summed E-state index contributed by atoms with van der Waals surface area (Å²) in [6.07, 6.45) is 1.03. The average molecular weight is 840 g/mol. The molecule has 332 valence electrons. The van der Waals surface area contributed by atoms with Gasteiger partial charge in [0, 0.05) is 76.6 Å². The van der Waals surface area contributed by atoms with E-state index in [1.807, 2.05) is 112 Å². The Morgan fingerprint density at radius 2 is 1.70 bits per heavy atom. The second-order valence-corrected chi connectivity index (χ2v) is 18.7. The lowest BCUT2D eigenvalue weighted by Crippen LogP contribution is -2.62. The molecule has 3 aromatic rings. The Morgan fingerprint density at radius 3 is 2.30 bits per heavy atom. The molecule has 4 N–H and O–H groups in total. The topological polar surface area (TPSA) is 142 Å². The van der Waals surface area contributed by atoms with Crippen LogP contribution in [0.3, 0.4) is 0 Å². The lowest BCUT2D eigenvalue weighted by atomic mass is 9.45. The van der Waals surface area contributed by atoms with Crippen LogP contribution in [-0.2, 0) is 22.6 Å². The third-order valence-corrected chi connectivity index (χ3v) is 13.6. The highest BCUT2D eigenvalue weighted by molar-refractivity contribution is 5.97. The number of hydrogen-bond acceptors (Lipinski definition) is 9. The van der Waals surface area contributed by atoms with E-state index in [0.29, 0.717) is 42.0 Å². The van der Waals surface area contributed by atoms with E-state index >= 15 is 0 Å². The lowest BCUT2D eigenvalue weighted by molar-refractivity contribution is -0.183. The third-order valence-electron chi connectivity index (χ3n) is 13.6. The molecule has 3 saturated carbocycles. The van der Waals surface area contributed by atoms with Crippen LogP contribution in [0.1, 0.15) is 62.0 Å². The quantitative estimate of drug-likeness (QED) is 0.123. The number of fused-ring (bicyclic) bond motifs is 2. The molecule has 1 aliphatic heterocycles. The maximum Gasteiger partial charge on any atom is 0.251 e. The zero-order chi connectivity index (χ0) is 44.3. The number of nitrogens with one attached hydrogen (secondary N) is 2. The largest absolute Gasteiger partial charge is 0.496 e. The predicted octanol–water partition coefficient (Wildman–Crippen LogP) is 4.91. The number of anilines is 1. The van der Waals surface area contributed by atoms with Crippen LogP contribution >= 0.6 is 0 Å². The first-order valence-corrected chi connectivity index (χ1v) is 21.7. The molecule has 4 aliphatic rings. The van der Waals surface area contributed by atoms with Crippen LogP contribution in [0.15, 0.2) is 71.7 Å². The van der Waals surface area contributed by atoms with Crippen LogP contribution < -0.4 is 20.3 Å². The number of guanidine groups is 1. The highest BCUT2D eigenvalue weighted by atomic mass is 16.7. The maximum absolute atomic E-state index is 14.4. The number of amides is 2. The fraction of sp³-hybridized carbons (Fsp3) is 0.562. The van der Waals surface area contributed by atoms with Gasteiger partial charge < -0.3 is 40.3 Å². The fourth-order valence-corrected chi connectivity index (χ4v) is 10.2. The van der Waals surface area contributed by atoms with Gasteiger partial charge in [-0.25, -0.2) is 0 Å². The van der Waals surface area contributed by atoms with Crippen molar-refractivity contribution in [1.82, 2.24) is 25.5 Å². The normalized spacial score (nSPS) is 25.1. The van der Waals surface area contributed by atoms with E-state index in [2.05, 4.69) is 43.5 Å². The standard InChI is InChI=1S/C48H69N7O6/c1-29-39-24-35(48(39,3)4)25-40(29)51-46(59)43-42(30(2)57)41(28-56)61-55(43)27-32-18-15-19-38(44(32)60-11)33-21-34(23-37(22-33)52(5)6)45(58)50-36(20-31-16-13-12-14-17-31)26-49-47(53(7)8)54(9)10/h12-19,21-23,29-30,35-36,39-43,56-57H,20,24-28H2,1-11H3,(H,50,58)(H,51,59)/t29-,30-,35+,36-,39-,40-,41-,42?,43-/m0/s1. The Morgan fingerprint density at radius 1 is 1.00 bits per heavy atom. The van der Waals surface area contributed by atoms with Crippen LogP contribution in [-0.4, -0.2) is 136 Å². The first-order chi connectivity index (χ1) is 28.9. The van der Waals surface area contributed by atoms with Crippen molar-refractivity contribution in [2.75, 3.05) is 67.4 Å². The van der Waals surface area contributed by atoms with Crippen molar-refractivity contribution < 1.29 is 29.4 Å². The number of para-hydroxylation sites is 1. The summed E-state index contributed by atoms with van der Waals surface area (Å²) in [6.45, 7) is 8.74. The first kappa shape index (κ1) is 45.8. The van der Waals surface area contributed by atoms with Gasteiger partial charge in [-0.3, -0.25) is 19.4 Å². The van der Waals surface area contributed by atoms with E-state index in [0.717, 1.165) is 40.3 Å². The number of ether oxygens (including phenoxy) is 1. The Hall–Kier alpha value is -4.69. The highest BCUT2D eigenvalue weighted by Gasteiger charge is 2.57. The van der Waals surface area contributed by atoms with E-state index in [1.165, 1.54) is 6.42 Å². The number of carbonyl (C=O) groups excluding carboxylic acids is 2. The molecule has 13 nitrogen and oxygen atoms in total. The molecule has 7 rings (SSSR count). The molecular weight excluding hydrogens is 771 g/mol. The molecule has 1 heterocycles. The SMILES string of the molecule is COc1c(CN2O[C@@H](CO)C([C@H](C)O)[C@H]2C(=O)N[C@H]2C[C@H]3C[C@@H]([C@@H]2C)C3(C)C)cccc1-c1cc(C(=O)N[C@H](CN=C(N(C)C)N(C)C)Cc2ccccc2)cc(N(C)C)c1. The minimum absolute atomic E-state index is 0.0251. The number of aliphatic hydroxyl groups is 2. The summed E-state index contributed by atoms with van der Waals surface area (Å²) in [6, 6.07) is 20.6. The van der Waals surface area contributed by atoms with Crippen molar-refractivity contribution in [3.8, 4) is 16.9 Å². The number of aliphatic imine (C=N–C) groups is 1. The van der Waals surface area contributed by atoms with Crippen LogP contribution in [0.5, 0.6) is 5.75 Å².